The average Bonchev–Trinajstić information content (AvgIpc) is 3.93. The lowest BCUT2D eigenvalue weighted by atomic mass is 10.0. The monoisotopic (exact) mass is 703 g/mol. The van der Waals surface area contributed by atoms with Crippen LogP contribution in [0.25, 0.3) is 11.0 Å². The molecule has 1 unspecified atom stereocenters. The topological polar surface area (TPSA) is 83.4 Å². The summed E-state index contributed by atoms with van der Waals surface area (Å²) in [7, 11) is 0. The quantitative estimate of drug-likeness (QED) is 0.177. The van der Waals surface area contributed by atoms with Gasteiger partial charge < -0.3 is 13.9 Å². The summed E-state index contributed by atoms with van der Waals surface area (Å²) < 4.78 is 21.1. The van der Waals surface area contributed by atoms with Crippen LogP contribution in [-0.2, 0) is 0 Å². The van der Waals surface area contributed by atoms with Crippen LogP contribution in [0.3, 0.4) is 0 Å². The van der Waals surface area contributed by atoms with Crippen LogP contribution in [0.5, 0.6) is 11.5 Å². The molecule has 264 valence electrons. The molecule has 2 aromatic carbocycles. The smallest absolute Gasteiger partial charge is 0.161 e. The third kappa shape index (κ3) is 13.1. The Labute approximate surface area is 300 Å². The minimum atomic E-state index is 0.190. The minimum absolute atomic E-state index is 0.190. The number of aromatic nitrogens is 3. The average molecular weight is 704 g/mol. The van der Waals surface area contributed by atoms with Crippen LogP contribution in [0, 0.1) is 5.92 Å². The van der Waals surface area contributed by atoms with Crippen molar-refractivity contribution in [3.05, 3.63) is 111 Å². The van der Waals surface area contributed by atoms with Gasteiger partial charge in [0.25, 0.3) is 0 Å². The van der Waals surface area contributed by atoms with Gasteiger partial charge in [0.1, 0.15) is 29.5 Å². The lowest BCUT2D eigenvalue weighted by Crippen LogP contribution is -2.33. The van der Waals surface area contributed by atoms with Gasteiger partial charge in [0.2, 0.25) is 0 Å². The van der Waals surface area contributed by atoms with Crippen LogP contribution in [-0.4, -0.2) is 28.0 Å². The molecule has 4 aromatic heterocycles. The molecule has 7 nitrogen and oxygen atoms in total. The number of thiazole rings is 1. The number of fused-ring (bicyclic) bond motifs is 2. The van der Waals surface area contributed by atoms with Crippen molar-refractivity contribution in [2.45, 2.75) is 99.0 Å². The van der Waals surface area contributed by atoms with Crippen molar-refractivity contribution < 1.29 is 18.5 Å². The Balaban J connectivity index is 0.000000169. The summed E-state index contributed by atoms with van der Waals surface area (Å²) >= 11 is 3.55. The molecule has 5 heterocycles. The molecule has 0 radical (unpaired) electrons. The summed E-state index contributed by atoms with van der Waals surface area (Å²) in [5.74, 6) is 5.56. The maximum Gasteiger partial charge on any atom is 0.161 e. The fraction of sp³-hybridized carbons (Fsp3) is 0.425. The van der Waals surface area contributed by atoms with E-state index in [0.717, 1.165) is 28.3 Å². The van der Waals surface area contributed by atoms with Crippen molar-refractivity contribution in [2.75, 3.05) is 6.61 Å². The highest BCUT2D eigenvalue weighted by Crippen LogP contribution is 2.32. The highest BCUT2D eigenvalue weighted by molar-refractivity contribution is 7.10. The SMILES string of the molecule is CC(C)C1COc2ccccc2O1.CC(C)c1cccc2nonc12.CC(C)c1ccco1.CC(C)c1cccs1.CC(C)c1nccs1. The molecule has 1 aliphatic rings. The van der Waals surface area contributed by atoms with Gasteiger partial charge in [-0.3, -0.25) is 0 Å². The van der Waals surface area contributed by atoms with E-state index in [-0.39, 0.29) is 6.10 Å². The number of para-hydroxylation sites is 2. The van der Waals surface area contributed by atoms with E-state index < -0.39 is 0 Å². The highest BCUT2D eigenvalue weighted by Gasteiger charge is 2.22. The Hall–Kier alpha value is -3.95. The molecule has 1 atom stereocenters. The number of rotatable bonds is 5. The summed E-state index contributed by atoms with van der Waals surface area (Å²) in [6.45, 7) is 22.2. The number of benzene rings is 2. The Bertz CT molecular complexity index is 1600. The molecule has 0 fully saturated rings. The number of nitrogens with zero attached hydrogens (tertiary/aromatic N) is 3. The first-order valence-corrected chi connectivity index (χ1v) is 18.8. The van der Waals surface area contributed by atoms with E-state index in [4.69, 9.17) is 13.9 Å². The molecule has 1 aliphatic heterocycles. The van der Waals surface area contributed by atoms with Gasteiger partial charge in [0.05, 0.1) is 11.3 Å². The van der Waals surface area contributed by atoms with Crippen LogP contribution in [0.15, 0.2) is 99.0 Å². The highest BCUT2D eigenvalue weighted by atomic mass is 32.1. The predicted molar refractivity (Wildman–Crippen MR) is 204 cm³/mol. The first kappa shape index (κ1) is 39.5. The number of furan rings is 1. The Morgan fingerprint density at radius 3 is 1.92 bits per heavy atom. The molecule has 0 N–H and O–H groups in total. The molecular weight excluding hydrogens is 651 g/mol. The number of hydrogen-bond acceptors (Lipinski definition) is 9. The molecule has 0 saturated heterocycles. The molecule has 7 rings (SSSR count). The maximum atomic E-state index is 5.77. The number of hydrogen-bond donors (Lipinski definition) is 0. The van der Waals surface area contributed by atoms with Gasteiger partial charge in [-0.05, 0) is 75.4 Å². The van der Waals surface area contributed by atoms with E-state index in [1.165, 1.54) is 15.4 Å². The van der Waals surface area contributed by atoms with Crippen LogP contribution in [0.2, 0.25) is 0 Å². The van der Waals surface area contributed by atoms with Gasteiger partial charge in [0, 0.05) is 28.3 Å². The molecule has 0 aliphatic carbocycles. The molecule has 0 spiro atoms. The zero-order valence-electron chi connectivity index (χ0n) is 30.6. The van der Waals surface area contributed by atoms with Crippen molar-refractivity contribution >= 4 is 33.7 Å². The van der Waals surface area contributed by atoms with E-state index in [2.05, 4.69) is 113 Å². The van der Waals surface area contributed by atoms with Gasteiger partial charge in [-0.15, -0.1) is 22.7 Å². The Morgan fingerprint density at radius 2 is 1.43 bits per heavy atom. The van der Waals surface area contributed by atoms with Crippen LogP contribution >= 0.6 is 22.7 Å². The number of ether oxygens (including phenoxy) is 2. The summed E-state index contributed by atoms with van der Waals surface area (Å²) in [5, 5.41) is 13.0. The van der Waals surface area contributed by atoms with Crippen LogP contribution in [0.4, 0.5) is 0 Å². The normalized spacial score (nSPS) is 13.2. The fourth-order valence-corrected chi connectivity index (χ4v) is 5.82. The van der Waals surface area contributed by atoms with Gasteiger partial charge >= 0.3 is 0 Å². The van der Waals surface area contributed by atoms with Gasteiger partial charge in [-0.1, -0.05) is 99.6 Å². The van der Waals surface area contributed by atoms with Crippen molar-refractivity contribution in [1.82, 2.24) is 15.3 Å². The second kappa shape index (κ2) is 20.5. The second-order valence-corrected chi connectivity index (χ2v) is 15.1. The molecule has 49 heavy (non-hydrogen) atoms. The first-order valence-electron chi connectivity index (χ1n) is 17.0. The lowest BCUT2D eigenvalue weighted by Gasteiger charge is -2.28. The molecule has 0 bridgehead atoms. The summed E-state index contributed by atoms with van der Waals surface area (Å²) in [5.41, 5.74) is 2.91. The summed E-state index contributed by atoms with van der Waals surface area (Å²) in [4.78, 5) is 5.61. The van der Waals surface area contributed by atoms with Crippen molar-refractivity contribution in [2.24, 2.45) is 5.92 Å². The minimum Gasteiger partial charge on any atom is -0.486 e. The molecule has 6 aromatic rings. The van der Waals surface area contributed by atoms with Gasteiger partial charge in [0.15, 0.2) is 11.5 Å². The van der Waals surface area contributed by atoms with E-state index in [0.29, 0.717) is 36.2 Å². The standard InChI is InChI=1S/C11H14O2.C9H10N2O.C7H10O.C7H10S.C6H9NS/c1-8(2)11-7-12-9-5-3-4-6-10(9)13-11;1-6(2)7-4-3-5-8-9(7)11-12-10-8;2*1-6(2)7-4-3-5-8-7;1-5(2)6-7-3-4-8-6/h3-6,8,11H,7H2,1-2H3;3-6H,1-2H3;2*3-6H,1-2H3;3-5H,1-2H3. The van der Waals surface area contributed by atoms with E-state index >= 15 is 0 Å². The third-order valence-electron chi connectivity index (χ3n) is 7.38. The Morgan fingerprint density at radius 1 is 0.673 bits per heavy atom. The fourth-order valence-electron chi connectivity index (χ4n) is 4.42. The molecular formula is C40H53N3O4S2. The molecule has 0 amide bonds. The maximum absolute atomic E-state index is 5.77. The Kier molecular flexibility index (Phi) is 16.5. The van der Waals surface area contributed by atoms with Crippen LogP contribution in [0.1, 0.15) is 114 Å². The van der Waals surface area contributed by atoms with Crippen LogP contribution < -0.4 is 9.47 Å². The van der Waals surface area contributed by atoms with Crippen molar-refractivity contribution in [3.63, 3.8) is 0 Å². The van der Waals surface area contributed by atoms with Crippen molar-refractivity contribution in [3.8, 4) is 11.5 Å². The zero-order valence-corrected chi connectivity index (χ0v) is 32.3. The lowest BCUT2D eigenvalue weighted by molar-refractivity contribution is 0.0591. The third-order valence-corrected chi connectivity index (χ3v) is 9.63. The van der Waals surface area contributed by atoms with Crippen molar-refractivity contribution in [1.29, 1.82) is 0 Å². The largest absolute Gasteiger partial charge is 0.486 e. The van der Waals surface area contributed by atoms with Gasteiger partial charge in [-0.2, -0.15) is 0 Å². The van der Waals surface area contributed by atoms with E-state index in [1.807, 2.05) is 71.4 Å². The van der Waals surface area contributed by atoms with Gasteiger partial charge in [-0.25, -0.2) is 9.61 Å². The summed E-state index contributed by atoms with van der Waals surface area (Å²) in [6, 6.07) is 21.9. The van der Waals surface area contributed by atoms with E-state index in [9.17, 15) is 0 Å². The second-order valence-electron chi connectivity index (χ2n) is 13.2. The molecule has 0 saturated carbocycles. The molecule has 9 heteroatoms. The first-order chi connectivity index (χ1) is 23.5. The van der Waals surface area contributed by atoms with E-state index in [1.54, 1.807) is 17.6 Å². The summed E-state index contributed by atoms with van der Waals surface area (Å²) in [6.07, 6.45) is 3.74. The zero-order chi connectivity index (χ0) is 35.8. The predicted octanol–water partition coefficient (Wildman–Crippen LogP) is 12.4. The number of thiophene rings is 1.